The van der Waals surface area contributed by atoms with Crippen LogP contribution in [0.3, 0.4) is 0 Å². The molecule has 0 aromatic carbocycles. The molecule has 1 N–H and O–H groups in total. The SMILES string of the molecule is [C-]#[N+]C1CCC2NC(C)CCC2C1. The van der Waals surface area contributed by atoms with Crippen LogP contribution in [0, 0.1) is 12.5 Å². The van der Waals surface area contributed by atoms with Crippen molar-refractivity contribution in [3.63, 3.8) is 0 Å². The normalized spacial score (nSPS) is 44.9. The van der Waals surface area contributed by atoms with E-state index < -0.39 is 0 Å². The van der Waals surface area contributed by atoms with Gasteiger partial charge in [-0.25, -0.2) is 6.57 Å². The summed E-state index contributed by atoms with van der Waals surface area (Å²) in [5, 5.41) is 3.66. The summed E-state index contributed by atoms with van der Waals surface area (Å²) in [6.45, 7) is 9.32. The Kier molecular flexibility index (Phi) is 2.55. The number of fused-ring (bicyclic) bond motifs is 1. The van der Waals surface area contributed by atoms with Crippen molar-refractivity contribution in [3.05, 3.63) is 11.4 Å². The van der Waals surface area contributed by atoms with Crippen LogP contribution in [0.2, 0.25) is 0 Å². The van der Waals surface area contributed by atoms with Gasteiger partial charge >= 0.3 is 0 Å². The molecule has 1 heterocycles. The van der Waals surface area contributed by atoms with Gasteiger partial charge in [0.2, 0.25) is 6.04 Å². The minimum absolute atomic E-state index is 0.330. The first-order chi connectivity index (χ1) is 6.29. The number of rotatable bonds is 0. The second-order valence-corrected chi connectivity index (χ2v) is 4.61. The number of nitrogens with zero attached hydrogens (tertiary/aromatic N) is 1. The highest BCUT2D eigenvalue weighted by molar-refractivity contribution is 4.95. The zero-order chi connectivity index (χ0) is 9.26. The first-order valence-corrected chi connectivity index (χ1v) is 5.42. The maximum atomic E-state index is 7.05. The molecule has 0 aromatic rings. The summed E-state index contributed by atoms with van der Waals surface area (Å²) in [5.74, 6) is 0.795. The van der Waals surface area contributed by atoms with Crippen LogP contribution in [-0.4, -0.2) is 18.1 Å². The molecule has 4 unspecified atom stereocenters. The summed E-state index contributed by atoms with van der Waals surface area (Å²) < 4.78 is 0. The average Bonchev–Trinajstić information content (AvgIpc) is 2.17. The third-order valence-corrected chi connectivity index (χ3v) is 3.61. The minimum Gasteiger partial charge on any atom is -0.314 e. The maximum Gasteiger partial charge on any atom is 0.224 e. The Hall–Kier alpha value is -0.550. The van der Waals surface area contributed by atoms with Gasteiger partial charge < -0.3 is 10.2 Å². The Bertz CT molecular complexity index is 219. The standard InChI is InChI=1S/C11H18N2/c1-8-3-4-9-7-10(12-2)5-6-11(9)13-8/h8-11,13H,3-7H2,1H3. The highest BCUT2D eigenvalue weighted by Gasteiger charge is 2.36. The smallest absolute Gasteiger partial charge is 0.224 e. The Morgan fingerprint density at radius 1 is 1.23 bits per heavy atom. The first kappa shape index (κ1) is 9.02. The summed E-state index contributed by atoms with van der Waals surface area (Å²) >= 11 is 0. The fourth-order valence-electron chi connectivity index (χ4n) is 2.81. The number of piperidine rings is 1. The van der Waals surface area contributed by atoms with Gasteiger partial charge in [-0.15, -0.1) is 0 Å². The lowest BCUT2D eigenvalue weighted by molar-refractivity contribution is 0.178. The van der Waals surface area contributed by atoms with E-state index in [4.69, 9.17) is 6.57 Å². The molecule has 0 aromatic heterocycles. The molecule has 1 aliphatic carbocycles. The third kappa shape index (κ3) is 1.86. The van der Waals surface area contributed by atoms with Gasteiger partial charge in [0.1, 0.15) is 0 Å². The maximum absolute atomic E-state index is 7.05. The van der Waals surface area contributed by atoms with Gasteiger partial charge in [0, 0.05) is 24.9 Å². The molecule has 2 rings (SSSR count). The second-order valence-electron chi connectivity index (χ2n) is 4.61. The molecule has 72 valence electrons. The summed E-state index contributed by atoms with van der Waals surface area (Å²) in [6.07, 6.45) is 6.12. The Morgan fingerprint density at radius 3 is 2.85 bits per heavy atom. The third-order valence-electron chi connectivity index (χ3n) is 3.61. The quantitative estimate of drug-likeness (QED) is 0.563. The van der Waals surface area contributed by atoms with E-state index in [1.54, 1.807) is 0 Å². The molecule has 0 spiro atoms. The van der Waals surface area contributed by atoms with Crippen LogP contribution in [0.25, 0.3) is 4.85 Å². The van der Waals surface area contributed by atoms with E-state index in [9.17, 15) is 0 Å². The van der Waals surface area contributed by atoms with Crippen molar-refractivity contribution in [2.45, 2.75) is 57.2 Å². The van der Waals surface area contributed by atoms with Crippen LogP contribution in [-0.2, 0) is 0 Å². The van der Waals surface area contributed by atoms with Gasteiger partial charge in [0.25, 0.3) is 0 Å². The van der Waals surface area contributed by atoms with Crippen molar-refractivity contribution in [2.24, 2.45) is 5.92 Å². The van der Waals surface area contributed by atoms with E-state index in [0.29, 0.717) is 12.1 Å². The van der Waals surface area contributed by atoms with E-state index in [-0.39, 0.29) is 0 Å². The lowest BCUT2D eigenvalue weighted by Crippen LogP contribution is -2.49. The van der Waals surface area contributed by atoms with E-state index in [1.165, 1.54) is 19.3 Å². The van der Waals surface area contributed by atoms with Gasteiger partial charge in [-0.05, 0) is 32.1 Å². The average molecular weight is 178 g/mol. The van der Waals surface area contributed by atoms with Crippen LogP contribution in [0.5, 0.6) is 0 Å². The molecular formula is C11H18N2. The van der Waals surface area contributed by atoms with E-state index in [0.717, 1.165) is 24.8 Å². The highest BCUT2D eigenvalue weighted by atomic mass is 15.0. The summed E-state index contributed by atoms with van der Waals surface area (Å²) in [4.78, 5) is 3.68. The van der Waals surface area contributed by atoms with Gasteiger partial charge in [-0.2, -0.15) is 0 Å². The van der Waals surface area contributed by atoms with Crippen molar-refractivity contribution in [1.29, 1.82) is 0 Å². The van der Waals surface area contributed by atoms with Crippen LogP contribution in [0.15, 0.2) is 0 Å². The summed E-state index contributed by atoms with van der Waals surface area (Å²) in [5.41, 5.74) is 0. The molecule has 2 heteroatoms. The Balaban J connectivity index is 1.95. The van der Waals surface area contributed by atoms with Crippen molar-refractivity contribution < 1.29 is 0 Å². The molecule has 2 nitrogen and oxygen atoms in total. The molecule has 2 aliphatic rings. The van der Waals surface area contributed by atoms with Crippen molar-refractivity contribution in [2.75, 3.05) is 0 Å². The van der Waals surface area contributed by atoms with Gasteiger partial charge in [-0.3, -0.25) is 0 Å². The van der Waals surface area contributed by atoms with Gasteiger partial charge in [0.15, 0.2) is 0 Å². The Morgan fingerprint density at radius 2 is 2.08 bits per heavy atom. The van der Waals surface area contributed by atoms with Crippen molar-refractivity contribution in [1.82, 2.24) is 5.32 Å². The van der Waals surface area contributed by atoms with E-state index in [1.807, 2.05) is 0 Å². The van der Waals surface area contributed by atoms with E-state index in [2.05, 4.69) is 17.1 Å². The molecule has 0 bridgehead atoms. The van der Waals surface area contributed by atoms with Crippen LogP contribution < -0.4 is 5.32 Å². The molecule has 4 atom stereocenters. The molecule has 0 radical (unpaired) electrons. The topological polar surface area (TPSA) is 16.4 Å². The fourth-order valence-corrected chi connectivity index (χ4v) is 2.81. The molecule has 1 aliphatic heterocycles. The fraction of sp³-hybridized carbons (Fsp3) is 0.909. The largest absolute Gasteiger partial charge is 0.314 e. The lowest BCUT2D eigenvalue weighted by atomic mass is 9.76. The molecule has 1 saturated carbocycles. The van der Waals surface area contributed by atoms with Crippen LogP contribution in [0.4, 0.5) is 0 Å². The Labute approximate surface area is 80.5 Å². The monoisotopic (exact) mass is 178 g/mol. The lowest BCUT2D eigenvalue weighted by Gasteiger charge is -2.39. The zero-order valence-corrected chi connectivity index (χ0v) is 8.29. The molecule has 0 amide bonds. The predicted octanol–water partition coefficient (Wildman–Crippen LogP) is 2.21. The summed E-state index contributed by atoms with van der Waals surface area (Å²) in [7, 11) is 0. The van der Waals surface area contributed by atoms with Gasteiger partial charge in [-0.1, -0.05) is 0 Å². The van der Waals surface area contributed by atoms with Crippen molar-refractivity contribution in [3.8, 4) is 0 Å². The zero-order valence-electron chi connectivity index (χ0n) is 8.29. The van der Waals surface area contributed by atoms with Crippen LogP contribution in [0.1, 0.15) is 39.0 Å². The molecule has 1 saturated heterocycles. The number of nitrogens with one attached hydrogen (secondary N) is 1. The second kappa shape index (κ2) is 3.67. The highest BCUT2D eigenvalue weighted by Crippen LogP contribution is 2.33. The number of hydrogen-bond donors (Lipinski definition) is 1. The molecule has 13 heavy (non-hydrogen) atoms. The predicted molar refractivity (Wildman–Crippen MR) is 53.4 cm³/mol. The summed E-state index contributed by atoms with van der Waals surface area (Å²) in [6, 6.07) is 1.75. The van der Waals surface area contributed by atoms with Crippen LogP contribution >= 0.6 is 0 Å². The van der Waals surface area contributed by atoms with Gasteiger partial charge in [0.05, 0.1) is 0 Å². The minimum atomic E-state index is 0.330. The first-order valence-electron chi connectivity index (χ1n) is 5.42. The molecule has 2 fully saturated rings. The van der Waals surface area contributed by atoms with Crippen molar-refractivity contribution >= 4 is 0 Å². The van der Waals surface area contributed by atoms with E-state index >= 15 is 0 Å². The molecular weight excluding hydrogens is 160 g/mol. The number of hydrogen-bond acceptors (Lipinski definition) is 1.